The molecule has 0 fully saturated rings. The van der Waals surface area contributed by atoms with Crippen LogP contribution in [-0.4, -0.2) is 25.3 Å². The summed E-state index contributed by atoms with van der Waals surface area (Å²) in [7, 11) is 0. The molecule has 0 saturated heterocycles. The molecular weight excluding hydrogens is 401 g/mol. The molecule has 3 aromatic rings. The second-order valence-electron chi connectivity index (χ2n) is 7.16. The molecule has 3 amide bonds. The SMILES string of the molecule is O=C(Nc1ccc2c(c1)OCO2)c1cccc2c1CCN2C(=O)Nc1ccc(F)cc1. The summed E-state index contributed by atoms with van der Waals surface area (Å²) in [5.74, 6) is 0.584. The molecule has 156 valence electrons. The summed E-state index contributed by atoms with van der Waals surface area (Å²) in [6, 6.07) is 15.7. The number of rotatable bonds is 3. The molecule has 0 saturated carbocycles. The number of hydrogen-bond acceptors (Lipinski definition) is 4. The van der Waals surface area contributed by atoms with Gasteiger partial charge in [-0.05, 0) is 60.5 Å². The minimum absolute atomic E-state index is 0.161. The molecule has 2 aliphatic rings. The second kappa shape index (κ2) is 7.64. The minimum Gasteiger partial charge on any atom is -0.454 e. The topological polar surface area (TPSA) is 79.9 Å². The van der Waals surface area contributed by atoms with Crippen molar-refractivity contribution in [1.29, 1.82) is 0 Å². The Morgan fingerprint density at radius 1 is 0.903 bits per heavy atom. The van der Waals surface area contributed by atoms with Crippen molar-refractivity contribution < 1.29 is 23.5 Å². The smallest absolute Gasteiger partial charge is 0.326 e. The molecule has 0 atom stereocenters. The fourth-order valence-corrected chi connectivity index (χ4v) is 3.75. The van der Waals surface area contributed by atoms with Crippen molar-refractivity contribution in [2.24, 2.45) is 0 Å². The Kier molecular flexibility index (Phi) is 4.66. The van der Waals surface area contributed by atoms with Crippen molar-refractivity contribution in [3.05, 3.63) is 77.6 Å². The summed E-state index contributed by atoms with van der Waals surface area (Å²) in [4.78, 5) is 27.3. The number of hydrogen-bond donors (Lipinski definition) is 2. The summed E-state index contributed by atoms with van der Waals surface area (Å²) in [6.45, 7) is 0.603. The van der Waals surface area contributed by atoms with Gasteiger partial charge in [-0.3, -0.25) is 9.69 Å². The predicted octanol–water partition coefficient (Wildman–Crippen LogP) is 4.40. The maximum Gasteiger partial charge on any atom is 0.326 e. The van der Waals surface area contributed by atoms with Gasteiger partial charge in [-0.1, -0.05) is 6.07 Å². The summed E-state index contributed by atoms with van der Waals surface area (Å²) >= 11 is 0. The van der Waals surface area contributed by atoms with Crippen LogP contribution in [0.15, 0.2) is 60.7 Å². The lowest BCUT2D eigenvalue weighted by Gasteiger charge is -2.18. The number of halogens is 1. The number of ether oxygens (including phenoxy) is 2. The van der Waals surface area contributed by atoms with Crippen LogP contribution in [0, 0.1) is 5.82 Å². The summed E-state index contributed by atoms with van der Waals surface area (Å²) in [5, 5.41) is 5.64. The molecule has 0 aliphatic carbocycles. The number of carbonyl (C=O) groups excluding carboxylic acids is 2. The maximum atomic E-state index is 13.1. The zero-order valence-corrected chi connectivity index (χ0v) is 16.4. The van der Waals surface area contributed by atoms with Crippen LogP contribution in [0.2, 0.25) is 0 Å². The first kappa shape index (κ1) is 18.9. The lowest BCUT2D eigenvalue weighted by molar-refractivity contribution is 0.102. The van der Waals surface area contributed by atoms with Crippen LogP contribution in [0.1, 0.15) is 15.9 Å². The number of benzene rings is 3. The van der Waals surface area contributed by atoms with Gasteiger partial charge in [0.2, 0.25) is 6.79 Å². The van der Waals surface area contributed by atoms with Gasteiger partial charge in [0, 0.05) is 35.2 Å². The van der Waals surface area contributed by atoms with E-state index in [2.05, 4.69) is 10.6 Å². The summed E-state index contributed by atoms with van der Waals surface area (Å²) in [6.07, 6.45) is 0.552. The van der Waals surface area contributed by atoms with Gasteiger partial charge in [0.15, 0.2) is 11.5 Å². The molecule has 3 aromatic carbocycles. The Morgan fingerprint density at radius 2 is 1.68 bits per heavy atom. The van der Waals surface area contributed by atoms with E-state index in [0.717, 1.165) is 5.56 Å². The highest BCUT2D eigenvalue weighted by molar-refractivity contribution is 6.09. The molecule has 0 aromatic heterocycles. The van der Waals surface area contributed by atoms with Crippen LogP contribution >= 0.6 is 0 Å². The standard InChI is InChI=1S/C23H18FN3O4/c24-14-4-6-15(7-5-14)26-23(29)27-11-10-17-18(2-1-3-19(17)27)22(28)25-16-8-9-20-21(12-16)31-13-30-20/h1-9,12H,10-11,13H2,(H,25,28)(H,26,29). The second-order valence-corrected chi connectivity index (χ2v) is 7.16. The van der Waals surface area contributed by atoms with Crippen LogP contribution in [-0.2, 0) is 6.42 Å². The van der Waals surface area contributed by atoms with E-state index in [1.54, 1.807) is 35.2 Å². The number of urea groups is 1. The van der Waals surface area contributed by atoms with Gasteiger partial charge in [0.1, 0.15) is 5.82 Å². The average Bonchev–Trinajstić information content (AvgIpc) is 3.41. The average molecular weight is 419 g/mol. The molecule has 0 unspecified atom stereocenters. The van der Waals surface area contributed by atoms with Crippen LogP contribution in [0.3, 0.4) is 0 Å². The van der Waals surface area contributed by atoms with E-state index in [4.69, 9.17) is 9.47 Å². The number of nitrogens with one attached hydrogen (secondary N) is 2. The highest BCUT2D eigenvalue weighted by Crippen LogP contribution is 2.35. The number of nitrogens with zero attached hydrogens (tertiary/aromatic N) is 1. The van der Waals surface area contributed by atoms with Gasteiger partial charge in [0.25, 0.3) is 5.91 Å². The quantitative estimate of drug-likeness (QED) is 0.660. The third-order valence-corrected chi connectivity index (χ3v) is 5.24. The number of carbonyl (C=O) groups is 2. The van der Waals surface area contributed by atoms with Crippen molar-refractivity contribution in [1.82, 2.24) is 0 Å². The fraction of sp³-hybridized carbons (Fsp3) is 0.130. The molecule has 7 nitrogen and oxygen atoms in total. The first-order valence-electron chi connectivity index (χ1n) is 9.75. The molecule has 2 N–H and O–H groups in total. The van der Waals surface area contributed by atoms with E-state index in [9.17, 15) is 14.0 Å². The van der Waals surface area contributed by atoms with Crippen molar-refractivity contribution >= 4 is 29.0 Å². The van der Waals surface area contributed by atoms with Gasteiger partial charge in [0.05, 0.1) is 0 Å². The van der Waals surface area contributed by atoms with Gasteiger partial charge in [-0.25, -0.2) is 9.18 Å². The zero-order chi connectivity index (χ0) is 21.4. The Bertz CT molecular complexity index is 1180. The minimum atomic E-state index is -0.373. The highest BCUT2D eigenvalue weighted by atomic mass is 19.1. The Morgan fingerprint density at radius 3 is 2.52 bits per heavy atom. The Hall–Kier alpha value is -4.07. The van der Waals surface area contributed by atoms with Crippen molar-refractivity contribution in [2.75, 3.05) is 28.9 Å². The summed E-state index contributed by atoms with van der Waals surface area (Å²) < 4.78 is 23.7. The lowest BCUT2D eigenvalue weighted by Crippen LogP contribution is -2.33. The highest BCUT2D eigenvalue weighted by Gasteiger charge is 2.28. The molecule has 0 radical (unpaired) electrons. The monoisotopic (exact) mass is 419 g/mol. The number of amides is 3. The predicted molar refractivity (Wildman–Crippen MR) is 113 cm³/mol. The van der Waals surface area contributed by atoms with Gasteiger partial charge < -0.3 is 20.1 Å². The van der Waals surface area contributed by atoms with E-state index < -0.39 is 0 Å². The van der Waals surface area contributed by atoms with Crippen LogP contribution in [0.25, 0.3) is 0 Å². The van der Waals surface area contributed by atoms with E-state index in [1.165, 1.54) is 24.3 Å². The molecule has 8 heteroatoms. The molecule has 2 aliphatic heterocycles. The van der Waals surface area contributed by atoms with Gasteiger partial charge >= 0.3 is 6.03 Å². The molecule has 0 spiro atoms. The Balaban J connectivity index is 1.34. The van der Waals surface area contributed by atoms with Crippen LogP contribution in [0.5, 0.6) is 11.5 Å². The lowest BCUT2D eigenvalue weighted by atomic mass is 10.0. The molecular formula is C23H18FN3O4. The van der Waals surface area contributed by atoms with Crippen molar-refractivity contribution in [3.8, 4) is 11.5 Å². The number of fused-ring (bicyclic) bond motifs is 2. The molecule has 2 heterocycles. The molecule has 0 bridgehead atoms. The fourth-order valence-electron chi connectivity index (χ4n) is 3.75. The maximum absolute atomic E-state index is 13.1. The largest absolute Gasteiger partial charge is 0.454 e. The van der Waals surface area contributed by atoms with Crippen LogP contribution < -0.4 is 25.0 Å². The van der Waals surface area contributed by atoms with Crippen molar-refractivity contribution in [2.45, 2.75) is 6.42 Å². The van der Waals surface area contributed by atoms with Gasteiger partial charge in [-0.2, -0.15) is 0 Å². The molecule has 31 heavy (non-hydrogen) atoms. The zero-order valence-electron chi connectivity index (χ0n) is 16.4. The van der Waals surface area contributed by atoms with E-state index in [-0.39, 0.29) is 24.5 Å². The normalized spacial score (nSPS) is 13.6. The van der Waals surface area contributed by atoms with E-state index in [1.807, 2.05) is 6.07 Å². The van der Waals surface area contributed by atoms with E-state index >= 15 is 0 Å². The first-order valence-corrected chi connectivity index (χ1v) is 9.75. The Labute approximate surface area is 177 Å². The molecule has 5 rings (SSSR count). The number of anilines is 3. The summed E-state index contributed by atoms with van der Waals surface area (Å²) in [5.41, 5.74) is 3.08. The first-order chi connectivity index (χ1) is 15.1. The third kappa shape index (κ3) is 3.63. The van der Waals surface area contributed by atoms with Gasteiger partial charge in [-0.15, -0.1) is 0 Å². The van der Waals surface area contributed by atoms with Crippen LogP contribution in [0.4, 0.5) is 26.2 Å². The van der Waals surface area contributed by atoms with Crippen molar-refractivity contribution in [3.63, 3.8) is 0 Å². The third-order valence-electron chi connectivity index (χ3n) is 5.24. The van der Waals surface area contributed by atoms with E-state index in [0.29, 0.717) is 47.1 Å².